The standard InChI is InChI=1S/C17H15ClN2O/c1-10-4-6-12-14(8-10)17(18)20-19-16(12)13-7-5-11(2)9-15(13)21-3/h4-9H,1-3H3. The summed E-state index contributed by atoms with van der Waals surface area (Å²) < 4.78 is 5.48. The topological polar surface area (TPSA) is 35.0 Å². The third kappa shape index (κ3) is 2.45. The highest BCUT2D eigenvalue weighted by Gasteiger charge is 2.14. The number of methoxy groups -OCH3 is 1. The number of rotatable bonds is 2. The van der Waals surface area contributed by atoms with Crippen LogP contribution in [0.25, 0.3) is 22.0 Å². The summed E-state index contributed by atoms with van der Waals surface area (Å²) in [5, 5.41) is 10.7. The first-order valence-electron chi connectivity index (χ1n) is 6.67. The van der Waals surface area contributed by atoms with E-state index in [1.807, 2.05) is 50.2 Å². The quantitative estimate of drug-likeness (QED) is 0.695. The molecule has 0 saturated heterocycles. The predicted octanol–water partition coefficient (Wildman–Crippen LogP) is 4.58. The number of fused-ring (bicyclic) bond motifs is 1. The van der Waals surface area contributed by atoms with Gasteiger partial charge in [0.05, 0.1) is 7.11 Å². The molecule has 0 N–H and O–H groups in total. The Kier molecular flexibility index (Phi) is 3.52. The average molecular weight is 299 g/mol. The van der Waals surface area contributed by atoms with Crippen LogP contribution < -0.4 is 4.74 Å². The van der Waals surface area contributed by atoms with E-state index in [0.717, 1.165) is 38.9 Å². The Bertz CT molecular complexity index is 830. The van der Waals surface area contributed by atoms with Crippen LogP contribution in [0.3, 0.4) is 0 Å². The van der Waals surface area contributed by atoms with Crippen molar-refractivity contribution in [2.24, 2.45) is 0 Å². The molecule has 0 aliphatic rings. The number of ether oxygens (including phenoxy) is 1. The van der Waals surface area contributed by atoms with E-state index in [4.69, 9.17) is 16.3 Å². The summed E-state index contributed by atoms with van der Waals surface area (Å²) in [4.78, 5) is 0. The maximum atomic E-state index is 6.18. The van der Waals surface area contributed by atoms with Crippen LogP contribution in [0.1, 0.15) is 11.1 Å². The molecule has 0 amide bonds. The summed E-state index contributed by atoms with van der Waals surface area (Å²) in [6, 6.07) is 12.1. The molecule has 3 aromatic rings. The van der Waals surface area contributed by atoms with Gasteiger partial charge in [-0.2, -0.15) is 0 Å². The lowest BCUT2D eigenvalue weighted by Crippen LogP contribution is -1.95. The van der Waals surface area contributed by atoms with Crippen LogP contribution in [0.4, 0.5) is 0 Å². The molecule has 3 rings (SSSR count). The fourth-order valence-electron chi connectivity index (χ4n) is 2.43. The molecular formula is C17H15ClN2O. The van der Waals surface area contributed by atoms with Gasteiger partial charge in [0.15, 0.2) is 5.15 Å². The fraction of sp³-hybridized carbons (Fsp3) is 0.176. The van der Waals surface area contributed by atoms with Crippen LogP contribution in [-0.4, -0.2) is 17.3 Å². The average Bonchev–Trinajstić information content (AvgIpc) is 2.48. The highest BCUT2D eigenvalue weighted by Crippen LogP contribution is 2.35. The van der Waals surface area contributed by atoms with Crippen molar-refractivity contribution in [3.8, 4) is 17.0 Å². The van der Waals surface area contributed by atoms with Crippen molar-refractivity contribution in [3.63, 3.8) is 0 Å². The predicted molar refractivity (Wildman–Crippen MR) is 86.0 cm³/mol. The molecule has 1 heterocycles. The van der Waals surface area contributed by atoms with Crippen molar-refractivity contribution < 1.29 is 4.74 Å². The van der Waals surface area contributed by atoms with Gasteiger partial charge in [-0.1, -0.05) is 35.4 Å². The van der Waals surface area contributed by atoms with Gasteiger partial charge in [0.1, 0.15) is 11.4 Å². The molecule has 106 valence electrons. The Morgan fingerprint density at radius 3 is 2.38 bits per heavy atom. The number of hydrogen-bond acceptors (Lipinski definition) is 3. The van der Waals surface area contributed by atoms with Crippen LogP contribution in [0.2, 0.25) is 5.15 Å². The Hall–Kier alpha value is -2.13. The second kappa shape index (κ2) is 5.34. The van der Waals surface area contributed by atoms with E-state index in [9.17, 15) is 0 Å². The third-order valence-corrected chi connectivity index (χ3v) is 3.78. The zero-order valence-corrected chi connectivity index (χ0v) is 12.9. The molecule has 0 saturated carbocycles. The monoisotopic (exact) mass is 298 g/mol. The SMILES string of the molecule is COc1cc(C)ccc1-c1nnc(Cl)c2cc(C)ccc12. The summed E-state index contributed by atoms with van der Waals surface area (Å²) >= 11 is 6.18. The number of aryl methyl sites for hydroxylation is 2. The van der Waals surface area contributed by atoms with Crippen molar-refractivity contribution in [1.29, 1.82) is 0 Å². The molecule has 2 aromatic carbocycles. The van der Waals surface area contributed by atoms with Crippen molar-refractivity contribution in [3.05, 3.63) is 52.7 Å². The lowest BCUT2D eigenvalue weighted by molar-refractivity contribution is 0.416. The minimum Gasteiger partial charge on any atom is -0.496 e. The zero-order valence-electron chi connectivity index (χ0n) is 12.1. The van der Waals surface area contributed by atoms with Gasteiger partial charge in [0.2, 0.25) is 0 Å². The van der Waals surface area contributed by atoms with Crippen LogP contribution in [0.15, 0.2) is 36.4 Å². The Balaban J connectivity index is 2.33. The van der Waals surface area contributed by atoms with Crippen molar-refractivity contribution in [1.82, 2.24) is 10.2 Å². The first-order chi connectivity index (χ1) is 10.1. The third-order valence-electron chi connectivity index (χ3n) is 3.50. The lowest BCUT2D eigenvalue weighted by atomic mass is 10.0. The molecule has 0 aliphatic carbocycles. The Morgan fingerprint density at radius 2 is 1.62 bits per heavy atom. The molecule has 0 radical (unpaired) electrons. The van der Waals surface area contributed by atoms with E-state index in [2.05, 4.69) is 10.2 Å². The second-order valence-corrected chi connectivity index (χ2v) is 5.45. The molecule has 3 nitrogen and oxygen atoms in total. The van der Waals surface area contributed by atoms with E-state index in [-0.39, 0.29) is 0 Å². The molecular weight excluding hydrogens is 284 g/mol. The van der Waals surface area contributed by atoms with Gasteiger partial charge >= 0.3 is 0 Å². The minimum atomic E-state index is 0.420. The summed E-state index contributed by atoms with van der Waals surface area (Å²) in [5.41, 5.74) is 3.98. The summed E-state index contributed by atoms with van der Waals surface area (Å²) in [6.45, 7) is 4.06. The number of aromatic nitrogens is 2. The first kappa shape index (κ1) is 13.8. The zero-order chi connectivity index (χ0) is 15.0. The fourth-order valence-corrected chi connectivity index (χ4v) is 2.62. The van der Waals surface area contributed by atoms with Gasteiger partial charge < -0.3 is 4.74 Å². The van der Waals surface area contributed by atoms with Gasteiger partial charge in [-0.15, -0.1) is 10.2 Å². The van der Waals surface area contributed by atoms with E-state index in [1.165, 1.54) is 0 Å². The summed E-state index contributed by atoms with van der Waals surface area (Å²) in [6.07, 6.45) is 0. The lowest BCUT2D eigenvalue weighted by Gasteiger charge is -2.11. The van der Waals surface area contributed by atoms with Crippen LogP contribution in [0, 0.1) is 13.8 Å². The molecule has 21 heavy (non-hydrogen) atoms. The van der Waals surface area contributed by atoms with E-state index < -0.39 is 0 Å². The first-order valence-corrected chi connectivity index (χ1v) is 7.05. The minimum absolute atomic E-state index is 0.420. The highest BCUT2D eigenvalue weighted by atomic mass is 35.5. The number of benzene rings is 2. The molecule has 0 bridgehead atoms. The maximum absolute atomic E-state index is 6.18. The van der Waals surface area contributed by atoms with Crippen LogP contribution in [-0.2, 0) is 0 Å². The Morgan fingerprint density at radius 1 is 0.905 bits per heavy atom. The Labute approximate surface area is 128 Å². The molecule has 0 atom stereocenters. The molecule has 0 aliphatic heterocycles. The van der Waals surface area contributed by atoms with E-state index in [0.29, 0.717) is 5.15 Å². The van der Waals surface area contributed by atoms with Crippen LogP contribution in [0.5, 0.6) is 5.75 Å². The van der Waals surface area contributed by atoms with Gasteiger partial charge in [-0.05, 0) is 37.6 Å². The number of nitrogens with zero attached hydrogens (tertiary/aromatic N) is 2. The highest BCUT2D eigenvalue weighted by molar-refractivity contribution is 6.34. The number of halogens is 1. The van der Waals surface area contributed by atoms with Gasteiger partial charge in [-0.3, -0.25) is 0 Å². The molecule has 0 unspecified atom stereocenters. The normalized spacial score (nSPS) is 10.9. The molecule has 0 fully saturated rings. The van der Waals surface area contributed by atoms with Gasteiger partial charge in [0.25, 0.3) is 0 Å². The van der Waals surface area contributed by atoms with Crippen molar-refractivity contribution >= 4 is 22.4 Å². The van der Waals surface area contributed by atoms with E-state index >= 15 is 0 Å². The number of hydrogen-bond donors (Lipinski definition) is 0. The maximum Gasteiger partial charge on any atom is 0.159 e. The molecule has 4 heteroatoms. The van der Waals surface area contributed by atoms with Crippen molar-refractivity contribution in [2.75, 3.05) is 7.11 Å². The van der Waals surface area contributed by atoms with E-state index in [1.54, 1.807) is 7.11 Å². The second-order valence-electron chi connectivity index (χ2n) is 5.09. The van der Waals surface area contributed by atoms with Crippen molar-refractivity contribution in [2.45, 2.75) is 13.8 Å². The summed E-state index contributed by atoms with van der Waals surface area (Å²) in [5.74, 6) is 0.786. The summed E-state index contributed by atoms with van der Waals surface area (Å²) in [7, 11) is 1.66. The van der Waals surface area contributed by atoms with Crippen LogP contribution >= 0.6 is 11.6 Å². The largest absolute Gasteiger partial charge is 0.496 e. The smallest absolute Gasteiger partial charge is 0.159 e. The molecule has 1 aromatic heterocycles. The van der Waals surface area contributed by atoms with Gasteiger partial charge in [-0.25, -0.2) is 0 Å². The van der Waals surface area contributed by atoms with Gasteiger partial charge in [0, 0.05) is 16.3 Å². The molecule has 0 spiro atoms.